The number of pyridine rings is 1. The normalized spacial score (nSPS) is 11.3. The molecule has 0 fully saturated rings. The number of aromatic nitrogens is 3. The molecular weight excluding hydrogens is 501 g/mol. The molecule has 0 spiro atoms. The molecule has 182 valence electrons. The van der Waals surface area contributed by atoms with Gasteiger partial charge in [0.15, 0.2) is 17.9 Å². The van der Waals surface area contributed by atoms with Crippen molar-refractivity contribution < 1.29 is 26.8 Å². The maximum absolute atomic E-state index is 13.9. The zero-order valence-corrected chi connectivity index (χ0v) is 20.0. The van der Waals surface area contributed by atoms with Crippen LogP contribution in [-0.4, -0.2) is 35.1 Å². The topological polar surface area (TPSA) is 128 Å². The molecule has 1 amide bonds. The van der Waals surface area contributed by atoms with E-state index in [0.717, 1.165) is 12.5 Å². The number of sulfonamides is 1. The number of hydrogen-bond acceptors (Lipinski definition) is 7. The molecule has 10 nitrogen and oxygen atoms in total. The molecule has 4 aromatic rings. The Labute approximate surface area is 204 Å². The highest BCUT2D eigenvalue weighted by Gasteiger charge is 2.18. The molecule has 13 heteroatoms. The van der Waals surface area contributed by atoms with Crippen LogP contribution in [0.2, 0.25) is 5.02 Å². The third kappa shape index (κ3) is 6.16. The summed E-state index contributed by atoms with van der Waals surface area (Å²) in [5, 5.41) is 2.91. The van der Waals surface area contributed by atoms with Crippen LogP contribution < -0.4 is 14.8 Å². The van der Waals surface area contributed by atoms with Crippen molar-refractivity contribution in [3.05, 3.63) is 77.5 Å². The fourth-order valence-corrected chi connectivity index (χ4v) is 4.03. The SMILES string of the molecule is Cn1cc(C(=O)Nc2cc(Cl)cc(NS(C)(=O)=O)c2)cc1-c1ncc(F)cc1OCc1cnco1. The molecule has 0 aliphatic heterocycles. The number of anilines is 2. The molecular formula is C22H19ClFN5O5S. The number of hydrogen-bond donors (Lipinski definition) is 2. The minimum Gasteiger partial charge on any atom is -0.483 e. The summed E-state index contributed by atoms with van der Waals surface area (Å²) in [4.78, 5) is 20.8. The molecule has 0 unspecified atom stereocenters. The second kappa shape index (κ2) is 9.76. The summed E-state index contributed by atoms with van der Waals surface area (Å²) in [6.07, 6.45) is 6.35. The van der Waals surface area contributed by atoms with Gasteiger partial charge in [-0.1, -0.05) is 11.6 Å². The van der Waals surface area contributed by atoms with Gasteiger partial charge in [-0.2, -0.15) is 0 Å². The van der Waals surface area contributed by atoms with Gasteiger partial charge in [-0.05, 0) is 24.3 Å². The Bertz CT molecular complexity index is 1490. The zero-order chi connectivity index (χ0) is 25.2. The molecule has 0 saturated carbocycles. The van der Waals surface area contributed by atoms with Gasteiger partial charge in [-0.3, -0.25) is 9.52 Å². The second-order valence-electron chi connectivity index (χ2n) is 7.54. The number of carbonyl (C=O) groups excluding carboxylic acids is 1. The number of nitrogens with one attached hydrogen (secondary N) is 2. The zero-order valence-electron chi connectivity index (χ0n) is 18.5. The third-order valence-electron chi connectivity index (χ3n) is 4.64. The average molecular weight is 520 g/mol. The highest BCUT2D eigenvalue weighted by molar-refractivity contribution is 7.92. The highest BCUT2D eigenvalue weighted by Crippen LogP contribution is 2.31. The van der Waals surface area contributed by atoms with E-state index < -0.39 is 21.7 Å². The first-order valence-corrected chi connectivity index (χ1v) is 12.3. The Morgan fingerprint density at radius 3 is 2.69 bits per heavy atom. The number of amides is 1. The van der Waals surface area contributed by atoms with E-state index in [2.05, 4.69) is 20.0 Å². The van der Waals surface area contributed by atoms with E-state index in [1.807, 2.05) is 0 Å². The molecule has 2 N–H and O–H groups in total. The van der Waals surface area contributed by atoms with Crippen molar-refractivity contribution in [3.8, 4) is 17.1 Å². The Morgan fingerprint density at radius 1 is 1.20 bits per heavy atom. The molecule has 0 aliphatic rings. The van der Waals surface area contributed by atoms with Gasteiger partial charge in [-0.15, -0.1) is 0 Å². The van der Waals surface area contributed by atoms with Crippen LogP contribution in [0.25, 0.3) is 11.4 Å². The Balaban J connectivity index is 1.58. The van der Waals surface area contributed by atoms with E-state index in [9.17, 15) is 17.6 Å². The lowest BCUT2D eigenvalue weighted by Crippen LogP contribution is -2.13. The summed E-state index contributed by atoms with van der Waals surface area (Å²) in [5.41, 5.74) is 1.57. The van der Waals surface area contributed by atoms with Crippen LogP contribution in [0.5, 0.6) is 5.75 Å². The van der Waals surface area contributed by atoms with Gasteiger partial charge >= 0.3 is 0 Å². The van der Waals surface area contributed by atoms with Gasteiger partial charge in [0.1, 0.15) is 18.1 Å². The first kappa shape index (κ1) is 24.2. The number of ether oxygens (including phenoxy) is 1. The van der Waals surface area contributed by atoms with E-state index in [1.54, 1.807) is 23.9 Å². The van der Waals surface area contributed by atoms with Gasteiger partial charge in [0, 0.05) is 30.0 Å². The maximum Gasteiger partial charge on any atom is 0.257 e. The largest absolute Gasteiger partial charge is 0.483 e. The molecule has 0 saturated heterocycles. The summed E-state index contributed by atoms with van der Waals surface area (Å²) in [7, 11) is -1.83. The van der Waals surface area contributed by atoms with Crippen LogP contribution >= 0.6 is 11.6 Å². The minimum absolute atomic E-state index is 0.00845. The van der Waals surface area contributed by atoms with Crippen molar-refractivity contribution >= 4 is 38.9 Å². The van der Waals surface area contributed by atoms with E-state index >= 15 is 0 Å². The molecule has 1 aromatic carbocycles. The summed E-state index contributed by atoms with van der Waals surface area (Å²) < 4.78 is 51.7. The Hall–Kier alpha value is -3.90. The van der Waals surface area contributed by atoms with Gasteiger partial charge in [0.05, 0.1) is 35.6 Å². The number of rotatable bonds is 8. The number of nitrogens with zero attached hydrogens (tertiary/aromatic N) is 3. The van der Waals surface area contributed by atoms with Crippen LogP contribution in [0.1, 0.15) is 16.1 Å². The van der Waals surface area contributed by atoms with Crippen molar-refractivity contribution in [1.29, 1.82) is 0 Å². The maximum atomic E-state index is 13.9. The van der Waals surface area contributed by atoms with Crippen LogP contribution in [0.3, 0.4) is 0 Å². The first-order chi connectivity index (χ1) is 16.6. The van der Waals surface area contributed by atoms with Crippen molar-refractivity contribution in [2.75, 3.05) is 16.3 Å². The average Bonchev–Trinajstić information content (AvgIpc) is 3.40. The van der Waals surface area contributed by atoms with E-state index in [-0.39, 0.29) is 34.3 Å². The van der Waals surface area contributed by atoms with E-state index in [0.29, 0.717) is 17.1 Å². The lowest BCUT2D eigenvalue weighted by Gasteiger charge is -2.10. The van der Waals surface area contributed by atoms with Crippen LogP contribution in [0, 0.1) is 5.82 Å². The third-order valence-corrected chi connectivity index (χ3v) is 5.47. The quantitative estimate of drug-likeness (QED) is 0.359. The summed E-state index contributed by atoms with van der Waals surface area (Å²) in [6, 6.07) is 7.09. The second-order valence-corrected chi connectivity index (χ2v) is 9.72. The summed E-state index contributed by atoms with van der Waals surface area (Å²) in [6.45, 7) is 0.00845. The molecule has 35 heavy (non-hydrogen) atoms. The van der Waals surface area contributed by atoms with Crippen LogP contribution in [-0.2, 0) is 23.7 Å². The number of aryl methyl sites for hydroxylation is 1. The van der Waals surface area contributed by atoms with Crippen molar-refractivity contribution in [1.82, 2.24) is 14.5 Å². The first-order valence-electron chi connectivity index (χ1n) is 9.99. The Kier molecular flexibility index (Phi) is 6.76. The molecule has 0 aliphatic carbocycles. The standard InChI is InChI=1S/C22H19ClFN5O5S/c1-29-10-13(22(30)27-16-4-14(23)5-17(7-16)28-35(2,31)32)3-19(29)21-20(6-15(24)8-26-21)33-11-18-9-25-12-34-18/h3-10,12,28H,11H2,1-2H3,(H,27,30). The number of oxazole rings is 1. The number of halogens is 2. The van der Waals surface area contributed by atoms with Crippen molar-refractivity contribution in [2.24, 2.45) is 7.05 Å². The molecule has 4 rings (SSSR count). The van der Waals surface area contributed by atoms with Crippen molar-refractivity contribution in [2.45, 2.75) is 6.61 Å². The monoisotopic (exact) mass is 519 g/mol. The summed E-state index contributed by atoms with van der Waals surface area (Å²) in [5.74, 6) is -0.474. The Morgan fingerprint density at radius 2 is 1.97 bits per heavy atom. The van der Waals surface area contributed by atoms with Gasteiger partial charge in [0.25, 0.3) is 5.91 Å². The molecule has 3 aromatic heterocycles. The molecule has 3 heterocycles. The minimum atomic E-state index is -3.53. The van der Waals surface area contributed by atoms with Crippen LogP contribution in [0.15, 0.2) is 59.7 Å². The number of benzene rings is 1. The van der Waals surface area contributed by atoms with Gasteiger partial charge < -0.3 is 19.0 Å². The predicted molar refractivity (Wildman–Crippen MR) is 127 cm³/mol. The fraction of sp³-hybridized carbons (Fsp3) is 0.136. The van der Waals surface area contributed by atoms with Gasteiger partial charge in [0.2, 0.25) is 10.0 Å². The smallest absolute Gasteiger partial charge is 0.257 e. The number of carbonyl (C=O) groups is 1. The summed E-state index contributed by atoms with van der Waals surface area (Å²) >= 11 is 6.06. The van der Waals surface area contributed by atoms with Crippen LogP contribution in [0.4, 0.5) is 15.8 Å². The highest BCUT2D eigenvalue weighted by atomic mass is 35.5. The molecule has 0 atom stereocenters. The lowest BCUT2D eigenvalue weighted by molar-refractivity contribution is 0.102. The predicted octanol–water partition coefficient (Wildman–Crippen LogP) is 4.07. The van der Waals surface area contributed by atoms with Crippen molar-refractivity contribution in [3.63, 3.8) is 0 Å². The molecule has 0 radical (unpaired) electrons. The van der Waals surface area contributed by atoms with E-state index in [1.165, 1.54) is 36.9 Å². The molecule has 0 bridgehead atoms. The lowest BCUT2D eigenvalue weighted by atomic mass is 10.2. The van der Waals surface area contributed by atoms with E-state index in [4.69, 9.17) is 20.8 Å². The fourth-order valence-electron chi connectivity index (χ4n) is 3.25. The van der Waals surface area contributed by atoms with Gasteiger partial charge in [-0.25, -0.2) is 22.8 Å².